The van der Waals surface area contributed by atoms with Crippen LogP contribution in [0, 0.1) is 27.7 Å². The van der Waals surface area contributed by atoms with Crippen LogP contribution in [0.25, 0.3) is 5.78 Å². The highest BCUT2D eigenvalue weighted by molar-refractivity contribution is 6.01. The SMILES string of the molecule is Cc1cc(C)n2nc(C(=O)OC(C)C(=O)c3ccc(C)c(C)c3)nc2n1. The Hall–Kier alpha value is -3.09. The van der Waals surface area contributed by atoms with Crippen molar-refractivity contribution in [2.45, 2.75) is 40.7 Å². The van der Waals surface area contributed by atoms with Gasteiger partial charge in [-0.25, -0.2) is 14.3 Å². The first kappa shape index (κ1) is 17.7. The second-order valence-electron chi connectivity index (χ2n) is 6.40. The van der Waals surface area contributed by atoms with Gasteiger partial charge < -0.3 is 4.74 Å². The van der Waals surface area contributed by atoms with Crippen LogP contribution >= 0.6 is 0 Å². The number of esters is 1. The van der Waals surface area contributed by atoms with E-state index in [0.717, 1.165) is 22.5 Å². The van der Waals surface area contributed by atoms with Crippen LogP contribution in [0.4, 0.5) is 0 Å². The minimum absolute atomic E-state index is 0.120. The molecule has 0 spiro atoms. The van der Waals surface area contributed by atoms with E-state index < -0.39 is 12.1 Å². The Balaban J connectivity index is 1.79. The molecule has 0 bridgehead atoms. The zero-order valence-electron chi connectivity index (χ0n) is 15.4. The lowest BCUT2D eigenvalue weighted by atomic mass is 10.0. The van der Waals surface area contributed by atoms with Gasteiger partial charge in [0, 0.05) is 17.0 Å². The van der Waals surface area contributed by atoms with E-state index in [1.807, 2.05) is 39.8 Å². The van der Waals surface area contributed by atoms with E-state index >= 15 is 0 Å². The summed E-state index contributed by atoms with van der Waals surface area (Å²) in [6.45, 7) is 9.13. The quantitative estimate of drug-likeness (QED) is 0.530. The normalized spacial score (nSPS) is 12.2. The van der Waals surface area contributed by atoms with Gasteiger partial charge in [-0.05, 0) is 57.9 Å². The molecule has 1 aromatic carbocycles. The molecule has 2 heterocycles. The zero-order chi connectivity index (χ0) is 19.0. The smallest absolute Gasteiger partial charge is 0.379 e. The average molecular weight is 352 g/mol. The highest BCUT2D eigenvalue weighted by Crippen LogP contribution is 2.14. The number of ketones is 1. The number of fused-ring (bicyclic) bond motifs is 1. The third-order valence-corrected chi connectivity index (χ3v) is 4.25. The summed E-state index contributed by atoms with van der Waals surface area (Å²) in [6.07, 6.45) is -0.938. The number of carbonyl (C=O) groups is 2. The Bertz CT molecular complexity index is 1020. The van der Waals surface area contributed by atoms with E-state index in [4.69, 9.17) is 4.74 Å². The van der Waals surface area contributed by atoms with Gasteiger partial charge in [-0.1, -0.05) is 12.1 Å². The van der Waals surface area contributed by atoms with E-state index in [9.17, 15) is 9.59 Å². The Morgan fingerprint density at radius 1 is 1.04 bits per heavy atom. The van der Waals surface area contributed by atoms with Gasteiger partial charge in [0.25, 0.3) is 11.6 Å². The van der Waals surface area contributed by atoms with Gasteiger partial charge in [0.1, 0.15) is 0 Å². The fourth-order valence-electron chi connectivity index (χ4n) is 2.65. The fraction of sp³-hybridized carbons (Fsp3) is 0.316. The molecule has 0 radical (unpaired) electrons. The first-order chi connectivity index (χ1) is 12.3. The summed E-state index contributed by atoms with van der Waals surface area (Å²) in [5.41, 5.74) is 4.19. The number of aryl methyl sites for hydroxylation is 4. The topological polar surface area (TPSA) is 86.5 Å². The number of rotatable bonds is 4. The molecule has 0 fully saturated rings. The van der Waals surface area contributed by atoms with Crippen molar-refractivity contribution in [1.29, 1.82) is 0 Å². The van der Waals surface area contributed by atoms with E-state index in [-0.39, 0.29) is 11.6 Å². The maximum Gasteiger partial charge on any atom is 0.379 e. The van der Waals surface area contributed by atoms with E-state index in [0.29, 0.717) is 11.3 Å². The Morgan fingerprint density at radius 2 is 1.77 bits per heavy atom. The van der Waals surface area contributed by atoms with Crippen molar-refractivity contribution in [2.75, 3.05) is 0 Å². The summed E-state index contributed by atoms with van der Waals surface area (Å²) in [5.74, 6) is -0.818. The molecule has 2 aromatic heterocycles. The van der Waals surface area contributed by atoms with Gasteiger partial charge in [0.05, 0.1) is 0 Å². The first-order valence-corrected chi connectivity index (χ1v) is 8.29. The lowest BCUT2D eigenvalue weighted by Gasteiger charge is -2.12. The van der Waals surface area contributed by atoms with Crippen molar-refractivity contribution in [1.82, 2.24) is 19.6 Å². The van der Waals surface area contributed by atoms with Crippen LogP contribution in [0.5, 0.6) is 0 Å². The molecule has 1 atom stereocenters. The van der Waals surface area contributed by atoms with Crippen molar-refractivity contribution >= 4 is 17.5 Å². The minimum Gasteiger partial charge on any atom is -0.448 e. The molecule has 0 saturated carbocycles. The number of benzene rings is 1. The number of ether oxygens (including phenoxy) is 1. The van der Waals surface area contributed by atoms with Crippen LogP contribution in [-0.4, -0.2) is 37.4 Å². The first-order valence-electron chi connectivity index (χ1n) is 8.29. The van der Waals surface area contributed by atoms with Crippen molar-refractivity contribution in [3.05, 3.63) is 58.2 Å². The van der Waals surface area contributed by atoms with Crippen LogP contribution in [0.3, 0.4) is 0 Å². The summed E-state index contributed by atoms with van der Waals surface area (Å²) in [4.78, 5) is 33.2. The van der Waals surface area contributed by atoms with Crippen molar-refractivity contribution in [2.24, 2.45) is 0 Å². The molecule has 0 aliphatic carbocycles. The lowest BCUT2D eigenvalue weighted by molar-refractivity contribution is 0.0307. The van der Waals surface area contributed by atoms with Crippen LogP contribution in [0.15, 0.2) is 24.3 Å². The number of nitrogens with zero attached hydrogens (tertiary/aromatic N) is 4. The van der Waals surface area contributed by atoms with Crippen LogP contribution in [0.2, 0.25) is 0 Å². The molecule has 0 aliphatic rings. The maximum absolute atomic E-state index is 12.5. The predicted molar refractivity (Wildman–Crippen MR) is 95.4 cm³/mol. The van der Waals surface area contributed by atoms with E-state index in [1.165, 1.54) is 4.52 Å². The Labute approximate surface area is 151 Å². The van der Waals surface area contributed by atoms with E-state index in [2.05, 4.69) is 15.1 Å². The highest BCUT2D eigenvalue weighted by atomic mass is 16.5. The summed E-state index contributed by atoms with van der Waals surface area (Å²) < 4.78 is 6.74. The number of hydrogen-bond donors (Lipinski definition) is 0. The lowest BCUT2D eigenvalue weighted by Crippen LogP contribution is -2.25. The molecule has 0 amide bonds. The van der Waals surface area contributed by atoms with Crippen molar-refractivity contribution in [3.63, 3.8) is 0 Å². The monoisotopic (exact) mass is 352 g/mol. The third kappa shape index (κ3) is 3.33. The van der Waals surface area contributed by atoms with Gasteiger partial charge >= 0.3 is 5.97 Å². The largest absolute Gasteiger partial charge is 0.448 e. The van der Waals surface area contributed by atoms with Gasteiger partial charge in [-0.2, -0.15) is 4.98 Å². The maximum atomic E-state index is 12.5. The van der Waals surface area contributed by atoms with Gasteiger partial charge in [-0.3, -0.25) is 4.79 Å². The minimum atomic E-state index is -0.938. The second-order valence-corrected chi connectivity index (χ2v) is 6.40. The molecule has 3 rings (SSSR count). The van der Waals surface area contributed by atoms with Gasteiger partial charge in [0.2, 0.25) is 5.78 Å². The van der Waals surface area contributed by atoms with Crippen LogP contribution < -0.4 is 0 Å². The van der Waals surface area contributed by atoms with E-state index in [1.54, 1.807) is 19.1 Å². The standard InChI is InChI=1S/C19H20N4O3/c1-10-6-7-15(8-11(10)2)16(24)14(5)26-18(25)17-21-19-20-12(3)9-13(4)23(19)22-17/h6-9,14H,1-5H3. The fourth-order valence-corrected chi connectivity index (χ4v) is 2.65. The highest BCUT2D eigenvalue weighted by Gasteiger charge is 2.24. The molecule has 3 aromatic rings. The Morgan fingerprint density at radius 3 is 2.46 bits per heavy atom. The molecule has 1 unspecified atom stereocenters. The van der Waals surface area contributed by atoms with Crippen molar-refractivity contribution in [3.8, 4) is 0 Å². The number of aromatic nitrogens is 4. The molecule has 7 heteroatoms. The average Bonchev–Trinajstić information content (AvgIpc) is 3.01. The molecular weight excluding hydrogens is 332 g/mol. The summed E-state index contributed by atoms with van der Waals surface area (Å²) >= 11 is 0. The molecular formula is C19H20N4O3. The Kier molecular flexibility index (Phi) is 4.54. The second kappa shape index (κ2) is 6.67. The molecule has 0 aliphatic heterocycles. The summed E-state index contributed by atoms with van der Waals surface area (Å²) in [7, 11) is 0. The molecule has 0 saturated heterocycles. The number of Topliss-reactive ketones (excluding diaryl/α,β-unsaturated/α-hetero) is 1. The van der Waals surface area contributed by atoms with Gasteiger partial charge in [-0.15, -0.1) is 5.10 Å². The zero-order valence-corrected chi connectivity index (χ0v) is 15.4. The van der Waals surface area contributed by atoms with Crippen LogP contribution in [0.1, 0.15) is 50.4 Å². The molecule has 7 nitrogen and oxygen atoms in total. The third-order valence-electron chi connectivity index (χ3n) is 4.25. The van der Waals surface area contributed by atoms with Gasteiger partial charge in [0.15, 0.2) is 6.10 Å². The number of hydrogen-bond acceptors (Lipinski definition) is 6. The molecule has 26 heavy (non-hydrogen) atoms. The van der Waals surface area contributed by atoms with Crippen molar-refractivity contribution < 1.29 is 14.3 Å². The summed E-state index contributed by atoms with van der Waals surface area (Å²) in [6, 6.07) is 7.23. The molecule has 134 valence electrons. The van der Waals surface area contributed by atoms with Crippen LogP contribution in [-0.2, 0) is 4.74 Å². The predicted octanol–water partition coefficient (Wildman–Crippen LogP) is 2.79. The number of carbonyl (C=O) groups excluding carboxylic acids is 2. The summed E-state index contributed by atoms with van der Waals surface area (Å²) in [5, 5.41) is 4.12. The molecule has 0 N–H and O–H groups in total.